The first-order chi connectivity index (χ1) is 9.40. The normalized spacial score (nSPS) is 13.4. The number of hydrogen-bond acceptors (Lipinski definition) is 3. The van der Waals surface area contributed by atoms with Gasteiger partial charge in [0.05, 0.1) is 4.90 Å². The van der Waals surface area contributed by atoms with Gasteiger partial charge < -0.3 is 5.11 Å². The Labute approximate surface area is 127 Å². The molecule has 0 spiro atoms. The average Bonchev–Trinajstić information content (AvgIpc) is 2.36. The number of benzene rings is 1. The lowest BCUT2D eigenvalue weighted by Gasteiger charge is -2.16. The summed E-state index contributed by atoms with van der Waals surface area (Å²) >= 11 is 3.05. The van der Waals surface area contributed by atoms with E-state index < -0.39 is 15.8 Å². The number of hydrogen-bond donors (Lipinski definition) is 2. The maximum absolute atomic E-state index is 13.0. The van der Waals surface area contributed by atoms with Crippen LogP contribution in [0.1, 0.15) is 26.2 Å². The molecule has 1 unspecified atom stereocenters. The molecule has 0 aliphatic heterocycles. The van der Waals surface area contributed by atoms with E-state index in [-0.39, 0.29) is 28.4 Å². The van der Waals surface area contributed by atoms with Crippen LogP contribution in [0.4, 0.5) is 4.39 Å². The number of halogens is 2. The zero-order valence-corrected chi connectivity index (χ0v) is 13.7. The molecule has 0 saturated carbocycles. The minimum Gasteiger partial charge on any atom is -0.396 e. The fraction of sp³-hybridized carbons (Fsp3) is 0.538. The summed E-state index contributed by atoms with van der Waals surface area (Å²) in [7, 11) is -3.68. The number of nitrogens with one attached hydrogen (secondary N) is 1. The molecule has 114 valence electrons. The zero-order valence-electron chi connectivity index (χ0n) is 11.3. The fourth-order valence-corrected chi connectivity index (χ4v) is 4.10. The van der Waals surface area contributed by atoms with Crippen LogP contribution in [0.3, 0.4) is 0 Å². The van der Waals surface area contributed by atoms with Crippen molar-refractivity contribution >= 4 is 26.0 Å². The van der Waals surface area contributed by atoms with Gasteiger partial charge >= 0.3 is 0 Å². The van der Waals surface area contributed by atoms with Crippen LogP contribution in [-0.4, -0.2) is 26.7 Å². The van der Waals surface area contributed by atoms with E-state index in [0.29, 0.717) is 6.42 Å². The highest BCUT2D eigenvalue weighted by atomic mass is 79.9. The Balaban J connectivity index is 2.78. The number of sulfonamides is 1. The maximum Gasteiger partial charge on any atom is 0.241 e. The van der Waals surface area contributed by atoms with Crippen LogP contribution in [0.5, 0.6) is 0 Å². The first kappa shape index (κ1) is 17.6. The molecule has 7 heteroatoms. The molecule has 0 saturated heterocycles. The monoisotopic (exact) mass is 367 g/mol. The van der Waals surface area contributed by atoms with Gasteiger partial charge in [-0.15, -0.1) is 0 Å². The molecule has 0 fully saturated rings. The van der Waals surface area contributed by atoms with E-state index in [1.165, 1.54) is 6.07 Å². The van der Waals surface area contributed by atoms with E-state index in [2.05, 4.69) is 20.7 Å². The summed E-state index contributed by atoms with van der Waals surface area (Å²) in [6.07, 6.45) is 2.32. The average molecular weight is 368 g/mol. The van der Waals surface area contributed by atoms with E-state index in [9.17, 15) is 12.8 Å². The van der Waals surface area contributed by atoms with Crippen LogP contribution in [0.25, 0.3) is 0 Å². The molecule has 1 aromatic carbocycles. The van der Waals surface area contributed by atoms with E-state index in [1.807, 2.05) is 6.92 Å². The van der Waals surface area contributed by atoms with Gasteiger partial charge in [0.1, 0.15) is 5.82 Å². The van der Waals surface area contributed by atoms with Crippen molar-refractivity contribution in [2.24, 2.45) is 5.92 Å². The fourth-order valence-electron chi connectivity index (χ4n) is 1.94. The van der Waals surface area contributed by atoms with Crippen LogP contribution in [-0.2, 0) is 10.0 Å². The summed E-state index contributed by atoms with van der Waals surface area (Å²) in [5.74, 6) is -0.404. The van der Waals surface area contributed by atoms with Crippen LogP contribution in [0, 0.1) is 11.7 Å². The predicted octanol–water partition coefficient (Wildman–Crippen LogP) is 2.67. The number of aliphatic hydroxyl groups is 1. The van der Waals surface area contributed by atoms with Crippen molar-refractivity contribution in [3.8, 4) is 0 Å². The second kappa shape index (κ2) is 8.07. The molecular formula is C13H19BrFNO3S. The summed E-state index contributed by atoms with van der Waals surface area (Å²) in [6.45, 7) is 2.31. The second-order valence-corrected chi connectivity index (χ2v) is 7.18. The molecule has 4 nitrogen and oxygen atoms in total. The Morgan fingerprint density at radius 2 is 2.10 bits per heavy atom. The largest absolute Gasteiger partial charge is 0.396 e. The van der Waals surface area contributed by atoms with E-state index in [0.717, 1.165) is 25.0 Å². The number of rotatable bonds is 8. The van der Waals surface area contributed by atoms with Crippen LogP contribution in [0.15, 0.2) is 27.6 Å². The quantitative estimate of drug-likeness (QED) is 0.742. The van der Waals surface area contributed by atoms with Gasteiger partial charge in [-0.2, -0.15) is 0 Å². The highest BCUT2D eigenvalue weighted by Gasteiger charge is 2.19. The summed E-state index contributed by atoms with van der Waals surface area (Å²) < 4.78 is 40.0. The van der Waals surface area contributed by atoms with Gasteiger partial charge in [-0.25, -0.2) is 17.5 Å². The van der Waals surface area contributed by atoms with Gasteiger partial charge in [-0.1, -0.05) is 13.3 Å². The minimum absolute atomic E-state index is 0.0122. The molecule has 0 aliphatic carbocycles. The molecule has 2 N–H and O–H groups in total. The molecule has 0 amide bonds. The van der Waals surface area contributed by atoms with Crippen molar-refractivity contribution in [3.63, 3.8) is 0 Å². The SMILES string of the molecule is CCCC(CCO)CNS(=O)(=O)c1ccc(F)cc1Br. The lowest BCUT2D eigenvalue weighted by atomic mass is 10.0. The number of aliphatic hydroxyl groups excluding tert-OH is 1. The molecule has 0 bridgehead atoms. The van der Waals surface area contributed by atoms with E-state index in [1.54, 1.807) is 0 Å². The Morgan fingerprint density at radius 1 is 1.40 bits per heavy atom. The highest BCUT2D eigenvalue weighted by Crippen LogP contribution is 2.23. The van der Waals surface area contributed by atoms with Crippen molar-refractivity contribution in [2.75, 3.05) is 13.2 Å². The summed E-state index contributed by atoms with van der Waals surface area (Å²) in [4.78, 5) is 0.0122. The highest BCUT2D eigenvalue weighted by molar-refractivity contribution is 9.10. The second-order valence-electron chi connectivity index (χ2n) is 4.59. The summed E-state index contributed by atoms with van der Waals surface area (Å²) in [6, 6.07) is 3.45. The van der Waals surface area contributed by atoms with Crippen LogP contribution >= 0.6 is 15.9 Å². The molecule has 0 aliphatic rings. The Kier molecular flexibility index (Phi) is 7.08. The van der Waals surface area contributed by atoms with Crippen molar-refractivity contribution in [1.82, 2.24) is 4.72 Å². The maximum atomic E-state index is 13.0. The van der Waals surface area contributed by atoms with Crippen molar-refractivity contribution in [2.45, 2.75) is 31.1 Å². The lowest BCUT2D eigenvalue weighted by molar-refractivity contribution is 0.251. The van der Waals surface area contributed by atoms with E-state index in [4.69, 9.17) is 5.11 Å². The van der Waals surface area contributed by atoms with Crippen molar-refractivity contribution in [3.05, 3.63) is 28.5 Å². The van der Waals surface area contributed by atoms with Gasteiger partial charge in [-0.3, -0.25) is 0 Å². The Bertz CT molecular complexity index is 530. The minimum atomic E-state index is -3.68. The summed E-state index contributed by atoms with van der Waals surface area (Å²) in [5.41, 5.74) is 0. The molecule has 20 heavy (non-hydrogen) atoms. The Morgan fingerprint density at radius 3 is 2.65 bits per heavy atom. The third kappa shape index (κ3) is 5.12. The predicted molar refractivity (Wildman–Crippen MR) is 79.4 cm³/mol. The van der Waals surface area contributed by atoms with Crippen LogP contribution < -0.4 is 4.72 Å². The Hall–Kier alpha value is -0.500. The smallest absolute Gasteiger partial charge is 0.241 e. The topological polar surface area (TPSA) is 66.4 Å². The molecule has 0 radical (unpaired) electrons. The standard InChI is InChI=1S/C13H19BrFNO3S/c1-2-3-10(6-7-17)9-16-20(18,19)13-5-4-11(15)8-12(13)14/h4-5,8,10,16-17H,2-3,6-7,9H2,1H3. The van der Waals surface area contributed by atoms with Crippen LogP contribution in [0.2, 0.25) is 0 Å². The molecule has 1 rings (SSSR count). The van der Waals surface area contributed by atoms with Crippen molar-refractivity contribution < 1.29 is 17.9 Å². The first-order valence-corrected chi connectivity index (χ1v) is 8.74. The molecule has 1 atom stereocenters. The third-order valence-corrected chi connectivity index (χ3v) is 5.38. The molecule has 1 aromatic rings. The van der Waals surface area contributed by atoms with Gasteiger partial charge in [0.2, 0.25) is 10.0 Å². The lowest BCUT2D eigenvalue weighted by Crippen LogP contribution is -2.30. The molecular weight excluding hydrogens is 349 g/mol. The van der Waals surface area contributed by atoms with Gasteiger partial charge in [0.25, 0.3) is 0 Å². The van der Waals surface area contributed by atoms with Crippen molar-refractivity contribution in [1.29, 1.82) is 0 Å². The first-order valence-electron chi connectivity index (χ1n) is 6.46. The molecule has 0 heterocycles. The van der Waals surface area contributed by atoms with E-state index >= 15 is 0 Å². The summed E-state index contributed by atoms with van der Waals surface area (Å²) in [5, 5.41) is 8.96. The van der Waals surface area contributed by atoms with Gasteiger partial charge in [-0.05, 0) is 52.9 Å². The zero-order chi connectivity index (χ0) is 15.2. The van der Waals surface area contributed by atoms with Gasteiger partial charge in [0, 0.05) is 17.6 Å². The van der Waals surface area contributed by atoms with Gasteiger partial charge in [0.15, 0.2) is 0 Å². The molecule has 0 aromatic heterocycles. The third-order valence-electron chi connectivity index (χ3n) is 2.98.